The average molecular weight is 419 g/mol. The summed E-state index contributed by atoms with van der Waals surface area (Å²) in [6.07, 6.45) is 3.68. The Morgan fingerprint density at radius 2 is 2.06 bits per heavy atom. The lowest BCUT2D eigenvalue weighted by atomic mass is 10.1. The van der Waals surface area contributed by atoms with E-state index in [0.717, 1.165) is 16.8 Å². The summed E-state index contributed by atoms with van der Waals surface area (Å²) in [6, 6.07) is 17.0. The van der Waals surface area contributed by atoms with Gasteiger partial charge in [-0.25, -0.2) is 4.39 Å². The third-order valence-corrected chi connectivity index (χ3v) is 5.02. The molecule has 0 saturated carbocycles. The third-order valence-electron chi connectivity index (χ3n) is 5.02. The first-order chi connectivity index (χ1) is 15.1. The van der Waals surface area contributed by atoms with Crippen molar-refractivity contribution >= 4 is 11.6 Å². The van der Waals surface area contributed by atoms with Crippen LogP contribution in [0.25, 0.3) is 0 Å². The highest BCUT2D eigenvalue weighted by Gasteiger charge is 2.27. The lowest BCUT2D eigenvalue weighted by Crippen LogP contribution is -2.37. The summed E-state index contributed by atoms with van der Waals surface area (Å²) in [5.74, 6) is -0.0257. The highest BCUT2D eigenvalue weighted by atomic mass is 19.1. The number of carbonyl (C=O) groups excluding carboxylic acids is 1. The van der Waals surface area contributed by atoms with Crippen LogP contribution in [-0.2, 0) is 11.4 Å². The quantitative estimate of drug-likeness (QED) is 0.579. The van der Waals surface area contributed by atoms with E-state index in [9.17, 15) is 9.18 Å². The number of hydrogen-bond acceptors (Lipinski definition) is 5. The Kier molecular flexibility index (Phi) is 6.21. The summed E-state index contributed by atoms with van der Waals surface area (Å²) in [6.45, 7) is 0.633. The maximum Gasteiger partial charge on any atom is 0.254 e. The van der Waals surface area contributed by atoms with Gasteiger partial charge in [0.2, 0.25) is 0 Å². The fourth-order valence-corrected chi connectivity index (χ4v) is 3.49. The van der Waals surface area contributed by atoms with Crippen molar-refractivity contribution in [3.63, 3.8) is 0 Å². The molecule has 0 radical (unpaired) electrons. The van der Waals surface area contributed by atoms with E-state index in [1.165, 1.54) is 18.2 Å². The Bertz CT molecular complexity index is 1090. The fraction of sp³-hybridized carbons (Fsp3) is 0.208. The average Bonchev–Trinajstić information content (AvgIpc) is 3.27. The van der Waals surface area contributed by atoms with Gasteiger partial charge >= 0.3 is 0 Å². The molecule has 1 amide bonds. The second-order valence-corrected chi connectivity index (χ2v) is 7.26. The van der Waals surface area contributed by atoms with Crippen LogP contribution >= 0.6 is 0 Å². The number of nitrogens with zero attached hydrogens (tertiary/aromatic N) is 3. The number of oxime groups is 1. The first-order valence-electron chi connectivity index (χ1n) is 9.93. The van der Waals surface area contributed by atoms with Gasteiger partial charge in [-0.1, -0.05) is 23.4 Å². The standard InChI is InChI=1S/C24H22FN3O3/c1-30-21-9-2-5-17(11-21)15-28(24(29)18-6-3-8-20(25)12-18)16-22-13-23(27-31-22)19-7-4-10-26-14-19/h2-12,14,22H,13,15-16H2,1H3. The van der Waals surface area contributed by atoms with E-state index in [1.54, 1.807) is 30.5 Å². The van der Waals surface area contributed by atoms with E-state index in [0.29, 0.717) is 25.3 Å². The van der Waals surface area contributed by atoms with E-state index in [1.807, 2.05) is 36.4 Å². The molecule has 7 heteroatoms. The summed E-state index contributed by atoms with van der Waals surface area (Å²) in [5, 5.41) is 4.18. The Balaban J connectivity index is 1.53. The van der Waals surface area contributed by atoms with Crippen LogP contribution in [0.3, 0.4) is 0 Å². The number of rotatable bonds is 7. The van der Waals surface area contributed by atoms with Crippen LogP contribution in [0.4, 0.5) is 4.39 Å². The van der Waals surface area contributed by atoms with Gasteiger partial charge in [-0.15, -0.1) is 0 Å². The molecule has 0 spiro atoms. The van der Waals surface area contributed by atoms with Crippen LogP contribution < -0.4 is 4.74 Å². The molecule has 3 aromatic rings. The topological polar surface area (TPSA) is 64.0 Å². The number of methoxy groups -OCH3 is 1. The second-order valence-electron chi connectivity index (χ2n) is 7.26. The zero-order chi connectivity index (χ0) is 21.6. The highest BCUT2D eigenvalue weighted by molar-refractivity contribution is 6.01. The minimum absolute atomic E-state index is 0.277. The Morgan fingerprint density at radius 3 is 2.84 bits per heavy atom. The van der Waals surface area contributed by atoms with E-state index in [2.05, 4.69) is 10.1 Å². The molecule has 31 heavy (non-hydrogen) atoms. The monoisotopic (exact) mass is 419 g/mol. The van der Waals surface area contributed by atoms with Gasteiger partial charge in [-0.3, -0.25) is 9.78 Å². The van der Waals surface area contributed by atoms with Crippen LogP contribution in [0.2, 0.25) is 0 Å². The van der Waals surface area contributed by atoms with Crippen molar-refractivity contribution in [3.05, 3.63) is 95.6 Å². The molecule has 0 aliphatic carbocycles. The molecule has 0 bridgehead atoms. The van der Waals surface area contributed by atoms with Gasteiger partial charge in [0.05, 0.1) is 19.4 Å². The van der Waals surface area contributed by atoms with Crippen molar-refractivity contribution < 1.29 is 18.8 Å². The van der Waals surface area contributed by atoms with Crippen molar-refractivity contribution in [2.45, 2.75) is 19.1 Å². The molecule has 0 saturated heterocycles. The maximum atomic E-state index is 13.7. The molecule has 6 nitrogen and oxygen atoms in total. The van der Waals surface area contributed by atoms with E-state index >= 15 is 0 Å². The van der Waals surface area contributed by atoms with E-state index in [-0.39, 0.29) is 17.6 Å². The van der Waals surface area contributed by atoms with Crippen LogP contribution in [0, 0.1) is 5.82 Å². The number of benzene rings is 2. The summed E-state index contributed by atoms with van der Waals surface area (Å²) >= 11 is 0. The molecule has 2 heterocycles. The van der Waals surface area contributed by atoms with E-state index < -0.39 is 5.82 Å². The number of carbonyl (C=O) groups is 1. The number of pyridine rings is 1. The first kappa shape index (κ1) is 20.5. The summed E-state index contributed by atoms with van der Waals surface area (Å²) < 4.78 is 19.0. The smallest absolute Gasteiger partial charge is 0.254 e. The molecule has 1 unspecified atom stereocenters. The molecule has 1 aromatic heterocycles. The van der Waals surface area contributed by atoms with Crippen LogP contribution in [0.15, 0.2) is 78.2 Å². The lowest BCUT2D eigenvalue weighted by Gasteiger charge is -2.25. The lowest BCUT2D eigenvalue weighted by molar-refractivity contribution is 0.0405. The molecular weight excluding hydrogens is 397 g/mol. The first-order valence-corrected chi connectivity index (χ1v) is 9.93. The minimum atomic E-state index is -0.452. The van der Waals surface area contributed by atoms with Gasteiger partial charge in [-0.2, -0.15) is 0 Å². The van der Waals surface area contributed by atoms with Gasteiger partial charge in [0, 0.05) is 36.5 Å². The molecular formula is C24H22FN3O3. The normalized spacial score (nSPS) is 15.2. The van der Waals surface area contributed by atoms with Crippen molar-refractivity contribution in [1.29, 1.82) is 0 Å². The van der Waals surface area contributed by atoms with Crippen molar-refractivity contribution in [1.82, 2.24) is 9.88 Å². The van der Waals surface area contributed by atoms with Gasteiger partial charge in [0.25, 0.3) is 5.91 Å². The number of aromatic nitrogens is 1. The second kappa shape index (κ2) is 9.38. The highest BCUT2D eigenvalue weighted by Crippen LogP contribution is 2.21. The van der Waals surface area contributed by atoms with Gasteiger partial charge < -0.3 is 14.5 Å². The number of amides is 1. The Hall–Kier alpha value is -3.74. The molecule has 1 atom stereocenters. The number of ether oxygens (including phenoxy) is 1. The largest absolute Gasteiger partial charge is 0.497 e. The van der Waals surface area contributed by atoms with Crippen LogP contribution in [0.1, 0.15) is 27.9 Å². The predicted molar refractivity (Wildman–Crippen MR) is 114 cm³/mol. The molecule has 1 aliphatic heterocycles. The van der Waals surface area contributed by atoms with Gasteiger partial charge in [0.15, 0.2) is 6.10 Å². The SMILES string of the molecule is COc1cccc(CN(CC2CC(c3cccnc3)=NO2)C(=O)c2cccc(F)c2)c1. The van der Waals surface area contributed by atoms with Crippen molar-refractivity contribution in [2.24, 2.45) is 5.16 Å². The van der Waals surface area contributed by atoms with Crippen molar-refractivity contribution in [3.8, 4) is 5.75 Å². The van der Waals surface area contributed by atoms with Crippen LogP contribution in [0.5, 0.6) is 5.75 Å². The maximum absolute atomic E-state index is 13.7. The Labute approximate surface area is 179 Å². The molecule has 2 aromatic carbocycles. The minimum Gasteiger partial charge on any atom is -0.497 e. The summed E-state index contributed by atoms with van der Waals surface area (Å²) in [5.41, 5.74) is 2.86. The zero-order valence-corrected chi connectivity index (χ0v) is 17.1. The van der Waals surface area contributed by atoms with Gasteiger partial charge in [0.1, 0.15) is 11.6 Å². The van der Waals surface area contributed by atoms with Crippen molar-refractivity contribution in [2.75, 3.05) is 13.7 Å². The molecule has 0 N–H and O–H groups in total. The summed E-state index contributed by atoms with van der Waals surface area (Å²) in [4.78, 5) is 24.6. The summed E-state index contributed by atoms with van der Waals surface area (Å²) in [7, 11) is 1.60. The molecule has 1 aliphatic rings. The number of hydrogen-bond donors (Lipinski definition) is 0. The molecule has 158 valence electrons. The van der Waals surface area contributed by atoms with E-state index in [4.69, 9.17) is 9.57 Å². The van der Waals surface area contributed by atoms with Gasteiger partial charge in [-0.05, 0) is 48.0 Å². The fourth-order valence-electron chi connectivity index (χ4n) is 3.49. The number of halogens is 1. The third kappa shape index (κ3) is 5.06. The molecule has 4 rings (SSSR count). The zero-order valence-electron chi connectivity index (χ0n) is 17.1. The van der Waals surface area contributed by atoms with Crippen LogP contribution in [-0.4, -0.2) is 41.3 Å². The predicted octanol–water partition coefficient (Wildman–Crippen LogP) is 4.06. The Morgan fingerprint density at radius 1 is 1.19 bits per heavy atom. The molecule has 0 fully saturated rings.